The smallest absolute Gasteiger partial charge is 0.329 e. The van der Waals surface area contributed by atoms with Crippen molar-refractivity contribution in [3.8, 4) is 191 Å². The molecule has 0 spiro atoms. The number of carboxylic acid groups (broad SMARTS) is 1. The number of aromatic nitrogens is 8. The molecule has 2 aliphatic rings. The van der Waals surface area contributed by atoms with Gasteiger partial charge in [-0.2, -0.15) is 0 Å². The monoisotopic (exact) mass is 1300 g/mol. The Kier molecular flexibility index (Phi) is 36.8. The van der Waals surface area contributed by atoms with Crippen LogP contribution in [0, 0.1) is 203 Å². The maximum Gasteiger partial charge on any atom is 0.329 e. The fourth-order valence-electron chi connectivity index (χ4n) is 8.18. The Bertz CT molecular complexity index is 4660. The maximum absolute atomic E-state index is 11.3. The lowest BCUT2D eigenvalue weighted by Crippen LogP contribution is -2.29. The summed E-state index contributed by atoms with van der Waals surface area (Å²) in [5.74, 6) is 72.8. The Morgan fingerprint density at radius 1 is 0.490 bits per heavy atom. The van der Waals surface area contributed by atoms with Gasteiger partial charge in [0, 0.05) is 67.2 Å². The van der Waals surface area contributed by atoms with Gasteiger partial charge in [0.15, 0.2) is 16.1 Å². The first-order valence-electron chi connectivity index (χ1n) is 28.8. The summed E-state index contributed by atoms with van der Waals surface area (Å²) in [7, 11) is 0. The predicted molar refractivity (Wildman–Crippen MR) is 377 cm³/mol. The SMILES string of the molecule is C#CC#CC#CC#CC#CC#CC#C.C#CC#CC#CC#CC#CC#CC#CC#CC#CC.Nc1cnc(NCC2CCC(Nc3ccc4ccnc(Cl)c4n3)CC2)nc1.O=C(CO)Cc1cnc(NCC2CCC(Nc3ccc4ccnc(Cl)c4n3)CC2)nc1.O=C(O)CO. The molecule has 96 heavy (non-hydrogen) atoms. The van der Waals surface area contributed by atoms with Crippen LogP contribution in [0.15, 0.2) is 73.6 Å². The van der Waals surface area contributed by atoms with Gasteiger partial charge in [0.2, 0.25) is 11.9 Å². The number of ketones is 1. The molecule has 0 bridgehead atoms. The number of fused-ring (bicyclic) bond motifs is 2. The number of pyridine rings is 4. The topological polar surface area (TPSA) is 272 Å². The first-order valence-corrected chi connectivity index (χ1v) is 29.6. The Morgan fingerprint density at radius 2 is 0.823 bits per heavy atom. The molecule has 0 saturated heterocycles. The molecule has 0 aromatic carbocycles. The number of hydrogen-bond donors (Lipinski definition) is 8. The van der Waals surface area contributed by atoms with Crippen molar-refractivity contribution in [1.29, 1.82) is 0 Å². The predicted octanol–water partition coefficient (Wildman–Crippen LogP) is 7.00. The highest BCUT2D eigenvalue weighted by molar-refractivity contribution is 6.34. The molecule has 20 heteroatoms. The number of terminal acetylenes is 3. The molecule has 2 saturated carbocycles. The van der Waals surface area contributed by atoms with E-state index in [9.17, 15) is 4.79 Å². The Morgan fingerprint density at radius 3 is 1.15 bits per heavy atom. The van der Waals surface area contributed by atoms with Crippen LogP contribution < -0.4 is 27.0 Å². The number of nitrogens with two attached hydrogens (primary N) is 1. The van der Waals surface area contributed by atoms with Gasteiger partial charge in [0.05, 0.1) is 18.1 Å². The highest BCUT2D eigenvalue weighted by atomic mass is 35.5. The summed E-state index contributed by atoms with van der Waals surface area (Å²) >= 11 is 12.3. The summed E-state index contributed by atoms with van der Waals surface area (Å²) in [6.07, 6.45) is 33.5. The number of aliphatic hydroxyl groups is 2. The van der Waals surface area contributed by atoms with Gasteiger partial charge in [0.1, 0.15) is 35.9 Å². The number of nitrogens with zero attached hydrogens (tertiary/aromatic N) is 8. The van der Waals surface area contributed by atoms with Crippen LogP contribution in [0.4, 0.5) is 29.2 Å². The molecule has 6 heterocycles. The number of nitrogens with one attached hydrogen (secondary N) is 4. The zero-order chi connectivity index (χ0) is 69.1. The van der Waals surface area contributed by atoms with E-state index < -0.39 is 19.2 Å². The Hall–Kier alpha value is -13.1. The number of Topliss-reactive ketones (excluding diaryl/α,β-unsaturated/α-hetero) is 1. The van der Waals surface area contributed by atoms with E-state index in [1.807, 2.05) is 36.4 Å². The molecule has 0 amide bonds. The number of aliphatic carboxylic acids is 1. The van der Waals surface area contributed by atoms with E-state index in [-0.39, 0.29) is 12.2 Å². The molecule has 0 unspecified atom stereocenters. The number of carbonyl (C=O) groups excluding carboxylic acids is 1. The molecule has 2 aliphatic carbocycles. The summed E-state index contributed by atoms with van der Waals surface area (Å²) in [6, 6.07) is 12.7. The molecule has 0 radical (unpaired) electrons. The van der Waals surface area contributed by atoms with Gasteiger partial charge in [-0.1, -0.05) is 29.1 Å². The average molecular weight is 1300 g/mol. The van der Waals surface area contributed by atoms with Crippen molar-refractivity contribution in [3.63, 3.8) is 0 Å². The van der Waals surface area contributed by atoms with Crippen molar-refractivity contribution in [2.45, 2.75) is 76.8 Å². The second-order valence-electron chi connectivity index (χ2n) is 19.2. The lowest BCUT2D eigenvalue weighted by Gasteiger charge is -2.29. The van der Waals surface area contributed by atoms with Crippen molar-refractivity contribution in [1.82, 2.24) is 39.9 Å². The van der Waals surface area contributed by atoms with Crippen LogP contribution in [0.25, 0.3) is 21.8 Å². The molecule has 6 aromatic rings. The van der Waals surface area contributed by atoms with Gasteiger partial charge < -0.3 is 42.3 Å². The van der Waals surface area contributed by atoms with Crippen molar-refractivity contribution < 1.29 is 24.9 Å². The minimum atomic E-state index is -1.19. The quantitative estimate of drug-likeness (QED) is 0.0403. The minimum absolute atomic E-state index is 0.155. The first-order chi connectivity index (χ1) is 46.9. The van der Waals surface area contributed by atoms with Crippen molar-refractivity contribution in [3.05, 3.63) is 89.4 Å². The van der Waals surface area contributed by atoms with Crippen LogP contribution in [0.3, 0.4) is 0 Å². The highest BCUT2D eigenvalue weighted by Gasteiger charge is 2.23. The van der Waals surface area contributed by atoms with Crippen LogP contribution in [-0.2, 0) is 16.0 Å². The lowest BCUT2D eigenvalue weighted by molar-refractivity contribution is -0.140. The van der Waals surface area contributed by atoms with Crippen LogP contribution in [0.5, 0.6) is 0 Å². The standard InChI is InChI=1S/C22H25ClN6O2.C19H22ClN7.C19H4.C14H2.C2H4O3/c23-21-20-16(7-8-24-21)3-6-19(29-20)28-17-4-1-14(2-5-17)10-25-22-26-11-15(12-27-22)9-18(31)13-30;20-18-17-13(7-8-22-18)3-6-16(27-17)26-15-4-1-12(2-5-15)9-23-19-24-10-14(21)11-25-19;1-3-5-7-9-11-13-15-17-19-18-16-14-12-10-8-6-4-2;1-3-5-7-9-11-13-14-12-10-8-6-4-2;3-1-2(4)5/h3,6-8,11-12,14,17,30H,1-2,4-5,9-10,13H2,(H,28,29)(H,25,26,27);3,6-8,10-12,15H,1-2,4-5,9,21H2,(H,26,27)(H,23,24,25);1H,2H3;1-2H;3H,1H2,(H,4,5). The van der Waals surface area contributed by atoms with Crippen molar-refractivity contribution in [2.75, 3.05) is 53.3 Å². The third kappa shape index (κ3) is 32.6. The van der Waals surface area contributed by atoms with E-state index in [1.165, 1.54) is 0 Å². The van der Waals surface area contributed by atoms with Gasteiger partial charge in [0.25, 0.3) is 0 Å². The van der Waals surface area contributed by atoms with E-state index in [2.05, 4.69) is 233 Å². The Labute approximate surface area is 570 Å². The first kappa shape index (κ1) is 75.3. The highest BCUT2D eigenvalue weighted by Crippen LogP contribution is 2.30. The molecule has 9 N–H and O–H groups in total. The Balaban J connectivity index is 0.000000276. The molecule has 470 valence electrons. The second-order valence-corrected chi connectivity index (χ2v) is 19.9. The molecular weight excluding hydrogens is 1250 g/mol. The van der Waals surface area contributed by atoms with Gasteiger partial charge in [-0.25, -0.2) is 44.7 Å². The molecule has 2 fully saturated rings. The van der Waals surface area contributed by atoms with Crippen LogP contribution in [0.2, 0.25) is 10.3 Å². The van der Waals surface area contributed by atoms with E-state index in [1.54, 1.807) is 44.1 Å². The number of hydrogen-bond acceptors (Lipinski definition) is 17. The number of halogens is 2. The maximum atomic E-state index is 11.3. The molecule has 18 nitrogen and oxygen atoms in total. The number of anilines is 5. The van der Waals surface area contributed by atoms with Gasteiger partial charge >= 0.3 is 5.97 Å². The molecular formula is C76H57Cl2N13O5. The summed E-state index contributed by atoms with van der Waals surface area (Å²) < 4.78 is 0. The van der Waals surface area contributed by atoms with E-state index >= 15 is 0 Å². The summed E-state index contributed by atoms with van der Waals surface area (Å²) in [5.41, 5.74) is 8.35. The van der Waals surface area contributed by atoms with Gasteiger partial charge in [-0.3, -0.25) is 4.79 Å². The number of carboxylic acids is 1. The molecule has 0 atom stereocenters. The minimum Gasteiger partial charge on any atom is -0.480 e. The number of carbonyl (C=O) groups is 2. The zero-order valence-corrected chi connectivity index (χ0v) is 53.2. The van der Waals surface area contributed by atoms with E-state index in [0.717, 1.165) is 97.9 Å². The number of rotatable bonds is 14. The summed E-state index contributed by atoms with van der Waals surface area (Å²) in [5, 5.41) is 40.3. The van der Waals surface area contributed by atoms with Gasteiger partial charge in [-0.15, -0.1) is 19.3 Å². The third-order valence-electron chi connectivity index (χ3n) is 12.5. The molecule has 0 aliphatic heterocycles. The fraction of sp³-hybridized carbons (Fsp3) is 0.237. The van der Waals surface area contributed by atoms with Crippen LogP contribution in [0.1, 0.15) is 63.9 Å². The normalized spacial score (nSPS) is 13.2. The average Bonchev–Trinajstić information content (AvgIpc) is 0.930. The van der Waals surface area contributed by atoms with E-state index in [4.69, 9.17) is 68.3 Å². The number of nitrogen functional groups attached to an aromatic ring is 1. The van der Waals surface area contributed by atoms with Crippen molar-refractivity contribution in [2.24, 2.45) is 11.8 Å². The third-order valence-corrected chi connectivity index (χ3v) is 13.0. The zero-order valence-electron chi connectivity index (χ0n) is 51.7. The molecule has 6 aromatic heterocycles. The second kappa shape index (κ2) is 46.9. The largest absolute Gasteiger partial charge is 0.480 e. The van der Waals surface area contributed by atoms with Gasteiger partial charge in [-0.05, 0) is 278 Å². The van der Waals surface area contributed by atoms with Crippen LogP contribution >= 0.6 is 23.2 Å². The molecule has 8 rings (SSSR count). The number of aliphatic hydroxyl groups excluding tert-OH is 2. The summed E-state index contributed by atoms with van der Waals surface area (Å²) in [6.45, 7) is 2.16. The van der Waals surface area contributed by atoms with Crippen LogP contribution in [-0.4, -0.2) is 105 Å². The van der Waals surface area contributed by atoms with E-state index in [0.29, 0.717) is 57.4 Å². The fourth-order valence-corrected chi connectivity index (χ4v) is 8.59. The summed E-state index contributed by atoms with van der Waals surface area (Å²) in [4.78, 5) is 54.7. The van der Waals surface area contributed by atoms with Crippen molar-refractivity contribution >= 4 is 86.0 Å². The lowest BCUT2D eigenvalue weighted by atomic mass is 9.86.